The lowest BCUT2D eigenvalue weighted by molar-refractivity contribution is -0.117. The van der Waals surface area contributed by atoms with Crippen LogP contribution >= 0.6 is 11.3 Å². The normalized spacial score (nSPS) is 10.6. The zero-order valence-corrected chi connectivity index (χ0v) is 16.2. The molecule has 1 heterocycles. The van der Waals surface area contributed by atoms with E-state index in [-0.39, 0.29) is 5.91 Å². The fourth-order valence-corrected chi connectivity index (χ4v) is 3.19. The Morgan fingerprint density at radius 2 is 1.75 bits per heavy atom. The van der Waals surface area contributed by atoms with Gasteiger partial charge in [0.2, 0.25) is 0 Å². The first kappa shape index (κ1) is 19.4. The molecule has 2 amide bonds. The molecule has 0 bridgehead atoms. The van der Waals surface area contributed by atoms with Gasteiger partial charge in [0.05, 0.1) is 0 Å². The van der Waals surface area contributed by atoms with Crippen LogP contribution in [0.15, 0.2) is 72.1 Å². The Morgan fingerprint density at radius 1 is 1.00 bits per heavy atom. The van der Waals surface area contributed by atoms with Crippen molar-refractivity contribution in [1.29, 1.82) is 0 Å². The van der Waals surface area contributed by atoms with Gasteiger partial charge >= 0.3 is 0 Å². The largest absolute Gasteiger partial charge is 0.489 e. The highest BCUT2D eigenvalue weighted by atomic mass is 32.1. The van der Waals surface area contributed by atoms with Crippen molar-refractivity contribution in [3.8, 4) is 5.75 Å². The minimum atomic E-state index is -0.394. The van der Waals surface area contributed by atoms with E-state index in [1.165, 1.54) is 6.08 Å². The lowest BCUT2D eigenvalue weighted by Gasteiger charge is -2.08. The lowest BCUT2D eigenvalue weighted by Crippen LogP contribution is -2.40. The highest BCUT2D eigenvalue weighted by Crippen LogP contribution is 2.16. The molecular weight excluding hydrogens is 372 g/mol. The van der Waals surface area contributed by atoms with Crippen LogP contribution in [-0.4, -0.2) is 11.8 Å². The number of aryl methyl sites for hydroxylation is 1. The van der Waals surface area contributed by atoms with Gasteiger partial charge in [-0.05, 0) is 59.8 Å². The van der Waals surface area contributed by atoms with E-state index in [1.807, 2.05) is 60.8 Å². The summed E-state index contributed by atoms with van der Waals surface area (Å²) in [6.45, 7) is 2.39. The van der Waals surface area contributed by atoms with E-state index in [0.29, 0.717) is 12.2 Å². The van der Waals surface area contributed by atoms with Crippen LogP contribution in [0.2, 0.25) is 0 Å². The molecule has 0 spiro atoms. The fraction of sp³-hybridized carbons (Fsp3) is 0.0909. The summed E-state index contributed by atoms with van der Waals surface area (Å²) in [5.74, 6) is 0.0106. The second-order valence-electron chi connectivity index (χ2n) is 6.04. The quantitative estimate of drug-likeness (QED) is 0.490. The number of hydrazine groups is 1. The van der Waals surface area contributed by atoms with E-state index in [2.05, 4.69) is 10.9 Å². The smallest absolute Gasteiger partial charge is 0.269 e. The Kier molecular flexibility index (Phi) is 6.59. The number of carbonyl (C=O) groups is 2. The maximum Gasteiger partial charge on any atom is 0.269 e. The summed E-state index contributed by atoms with van der Waals surface area (Å²) in [5.41, 5.74) is 7.28. The van der Waals surface area contributed by atoms with Gasteiger partial charge < -0.3 is 4.74 Å². The molecule has 0 saturated carbocycles. The van der Waals surface area contributed by atoms with Gasteiger partial charge in [-0.25, -0.2) is 0 Å². The van der Waals surface area contributed by atoms with Gasteiger partial charge in [0.1, 0.15) is 12.4 Å². The molecule has 0 radical (unpaired) electrons. The molecule has 0 aliphatic heterocycles. The van der Waals surface area contributed by atoms with Crippen molar-refractivity contribution in [2.24, 2.45) is 0 Å². The second kappa shape index (κ2) is 9.53. The van der Waals surface area contributed by atoms with Gasteiger partial charge in [0.15, 0.2) is 0 Å². The first-order valence-electron chi connectivity index (χ1n) is 8.71. The van der Waals surface area contributed by atoms with E-state index in [9.17, 15) is 9.59 Å². The van der Waals surface area contributed by atoms with E-state index >= 15 is 0 Å². The van der Waals surface area contributed by atoms with Crippen LogP contribution in [-0.2, 0) is 11.4 Å². The molecular formula is C22H20N2O3S. The highest BCUT2D eigenvalue weighted by Gasteiger charge is 2.06. The molecule has 5 nitrogen and oxygen atoms in total. The minimum absolute atomic E-state index is 0.385. The topological polar surface area (TPSA) is 67.4 Å². The molecule has 6 heteroatoms. The number of nitrogens with one attached hydrogen (secondary N) is 2. The van der Waals surface area contributed by atoms with Crippen molar-refractivity contribution in [2.75, 3.05) is 0 Å². The third-order valence-electron chi connectivity index (χ3n) is 3.95. The fourth-order valence-electron chi connectivity index (χ4n) is 2.37. The molecule has 0 aliphatic carbocycles. The van der Waals surface area contributed by atoms with Gasteiger partial charge in [-0.2, -0.15) is 0 Å². The van der Waals surface area contributed by atoms with Crippen LogP contribution in [0.4, 0.5) is 0 Å². The van der Waals surface area contributed by atoms with Crippen molar-refractivity contribution in [1.82, 2.24) is 10.9 Å². The molecule has 2 N–H and O–H groups in total. The van der Waals surface area contributed by atoms with Crippen molar-refractivity contribution < 1.29 is 14.3 Å². The number of thiophene rings is 1. The molecule has 3 aromatic rings. The van der Waals surface area contributed by atoms with E-state index < -0.39 is 5.91 Å². The van der Waals surface area contributed by atoms with E-state index in [0.717, 1.165) is 21.8 Å². The summed E-state index contributed by atoms with van der Waals surface area (Å²) in [6.07, 6.45) is 3.12. The van der Waals surface area contributed by atoms with E-state index in [1.54, 1.807) is 29.5 Å². The van der Waals surface area contributed by atoms with Crippen LogP contribution < -0.4 is 15.6 Å². The van der Waals surface area contributed by atoms with Gasteiger partial charge in [0.25, 0.3) is 11.8 Å². The maximum atomic E-state index is 12.1. The van der Waals surface area contributed by atoms with Gasteiger partial charge in [-0.1, -0.05) is 30.3 Å². The van der Waals surface area contributed by atoms with Crippen LogP contribution in [0, 0.1) is 6.92 Å². The lowest BCUT2D eigenvalue weighted by atomic mass is 10.1. The molecule has 3 rings (SSSR count). The Balaban J connectivity index is 1.47. The van der Waals surface area contributed by atoms with Crippen molar-refractivity contribution in [2.45, 2.75) is 13.5 Å². The third-order valence-corrected chi connectivity index (χ3v) is 4.94. The Hall–Kier alpha value is -3.38. The zero-order chi connectivity index (χ0) is 19.8. The molecule has 0 aliphatic rings. The third kappa shape index (κ3) is 5.56. The predicted octanol–water partition coefficient (Wildman–Crippen LogP) is 4.11. The summed E-state index contributed by atoms with van der Waals surface area (Å²) >= 11 is 1.55. The van der Waals surface area contributed by atoms with E-state index in [4.69, 9.17) is 4.74 Å². The number of hydrogen-bond donors (Lipinski definition) is 2. The predicted molar refractivity (Wildman–Crippen MR) is 111 cm³/mol. The number of rotatable bonds is 6. The standard InChI is InChI=1S/C22H20N2O3S/c1-16-13-14-28-20(16)11-12-21(25)23-24-22(26)18-9-7-17(8-10-18)15-27-19-5-3-2-4-6-19/h2-14H,15H2,1H3,(H,23,25)(H,24,26)/b12-11+. The Labute approximate surface area is 167 Å². The van der Waals surface area contributed by atoms with Gasteiger partial charge in [-0.15, -0.1) is 11.3 Å². The summed E-state index contributed by atoms with van der Waals surface area (Å²) in [6, 6.07) is 18.5. The summed E-state index contributed by atoms with van der Waals surface area (Å²) in [7, 11) is 0. The second-order valence-corrected chi connectivity index (χ2v) is 6.99. The SMILES string of the molecule is Cc1ccsc1/C=C/C(=O)NNC(=O)c1ccc(COc2ccccc2)cc1. The van der Waals surface area contributed by atoms with Crippen LogP contribution in [0.1, 0.15) is 26.4 Å². The molecule has 1 aromatic heterocycles. The molecule has 0 atom stereocenters. The van der Waals surface area contributed by atoms with Gasteiger partial charge in [-0.3, -0.25) is 20.4 Å². The van der Waals surface area contributed by atoms with Crippen molar-refractivity contribution >= 4 is 29.2 Å². The summed E-state index contributed by atoms with van der Waals surface area (Å²) in [4.78, 5) is 25.0. The number of benzene rings is 2. The zero-order valence-electron chi connectivity index (χ0n) is 15.3. The monoisotopic (exact) mass is 392 g/mol. The highest BCUT2D eigenvalue weighted by molar-refractivity contribution is 7.11. The maximum absolute atomic E-state index is 12.1. The molecule has 0 unspecified atom stereocenters. The number of ether oxygens (including phenoxy) is 1. The van der Waals surface area contributed by atoms with Crippen molar-refractivity contribution in [3.05, 3.63) is 93.7 Å². The average molecular weight is 392 g/mol. The van der Waals surface area contributed by atoms with Crippen LogP contribution in [0.5, 0.6) is 5.75 Å². The van der Waals surface area contributed by atoms with Gasteiger partial charge in [0, 0.05) is 16.5 Å². The summed E-state index contributed by atoms with van der Waals surface area (Å²) < 4.78 is 5.67. The number of amides is 2. The molecule has 0 saturated heterocycles. The molecule has 2 aromatic carbocycles. The number of para-hydroxylation sites is 1. The van der Waals surface area contributed by atoms with Crippen LogP contribution in [0.3, 0.4) is 0 Å². The first-order chi connectivity index (χ1) is 13.6. The number of hydrogen-bond acceptors (Lipinski definition) is 4. The molecule has 28 heavy (non-hydrogen) atoms. The van der Waals surface area contributed by atoms with Crippen molar-refractivity contribution in [3.63, 3.8) is 0 Å². The van der Waals surface area contributed by atoms with Crippen LogP contribution in [0.25, 0.3) is 6.08 Å². The average Bonchev–Trinajstić information content (AvgIpc) is 3.15. The first-order valence-corrected chi connectivity index (χ1v) is 9.59. The Morgan fingerprint density at radius 3 is 2.43 bits per heavy atom. The minimum Gasteiger partial charge on any atom is -0.489 e. The number of carbonyl (C=O) groups excluding carboxylic acids is 2. The molecule has 142 valence electrons. The summed E-state index contributed by atoms with van der Waals surface area (Å²) in [5, 5.41) is 1.96. The Bertz CT molecular complexity index is 963. The molecule has 0 fully saturated rings.